The van der Waals surface area contributed by atoms with Crippen molar-refractivity contribution in [1.82, 2.24) is 9.55 Å². The quantitative estimate of drug-likeness (QED) is 0.629. The van der Waals surface area contributed by atoms with Gasteiger partial charge in [-0.15, -0.1) is 0 Å². The Kier molecular flexibility index (Phi) is 2.36. The zero-order chi connectivity index (χ0) is 11.9. The third-order valence-electron chi connectivity index (χ3n) is 3.35. The van der Waals surface area contributed by atoms with E-state index < -0.39 is 4.92 Å². The van der Waals surface area contributed by atoms with Crippen LogP contribution in [-0.2, 0) is 7.05 Å². The molecule has 0 bridgehead atoms. The van der Waals surface area contributed by atoms with Crippen LogP contribution in [0, 0.1) is 17.0 Å². The maximum absolute atomic E-state index is 10.9. The Morgan fingerprint density at radius 3 is 2.62 bits per heavy atom. The van der Waals surface area contributed by atoms with Crippen LogP contribution < -0.4 is 5.32 Å². The summed E-state index contributed by atoms with van der Waals surface area (Å²) in [6.07, 6.45) is 3.27. The van der Waals surface area contributed by atoms with Gasteiger partial charge in [0.25, 0.3) is 0 Å². The van der Waals surface area contributed by atoms with Gasteiger partial charge >= 0.3 is 5.82 Å². The number of aryl methyl sites for hydroxylation is 1. The molecule has 2 rings (SSSR count). The first kappa shape index (κ1) is 10.9. The Hall–Kier alpha value is -1.59. The van der Waals surface area contributed by atoms with Crippen LogP contribution in [0.2, 0.25) is 0 Å². The molecule has 0 spiro atoms. The Morgan fingerprint density at radius 1 is 1.56 bits per heavy atom. The maximum atomic E-state index is 10.9. The number of rotatable bonds is 3. The van der Waals surface area contributed by atoms with E-state index in [1.54, 1.807) is 18.5 Å². The highest BCUT2D eigenvalue weighted by molar-refractivity contribution is 5.55. The molecule has 1 fully saturated rings. The normalized spacial score (nSPS) is 17.9. The van der Waals surface area contributed by atoms with Gasteiger partial charge in [-0.25, -0.2) is 0 Å². The minimum atomic E-state index is -0.433. The lowest BCUT2D eigenvalue weighted by Crippen LogP contribution is -2.42. The number of nitro groups is 1. The molecule has 0 unspecified atom stereocenters. The first-order chi connectivity index (χ1) is 7.43. The number of hydrogen-bond donors (Lipinski definition) is 1. The molecule has 88 valence electrons. The second kappa shape index (κ2) is 3.47. The summed E-state index contributed by atoms with van der Waals surface area (Å²) in [5.41, 5.74) is -0.00894. The Balaban J connectivity index is 2.34. The topological polar surface area (TPSA) is 73.0 Å². The van der Waals surface area contributed by atoms with Gasteiger partial charge in [0.15, 0.2) is 0 Å². The van der Waals surface area contributed by atoms with E-state index in [4.69, 9.17) is 0 Å². The van der Waals surface area contributed by atoms with Crippen LogP contribution in [0.1, 0.15) is 32.0 Å². The molecule has 1 aromatic heterocycles. The largest absolute Gasteiger partial charge is 0.406 e. The van der Waals surface area contributed by atoms with E-state index >= 15 is 0 Å². The van der Waals surface area contributed by atoms with E-state index in [-0.39, 0.29) is 11.4 Å². The Bertz CT molecular complexity index is 434. The van der Waals surface area contributed by atoms with Crippen LogP contribution in [0.25, 0.3) is 0 Å². The fourth-order valence-corrected chi connectivity index (χ4v) is 1.98. The van der Waals surface area contributed by atoms with Gasteiger partial charge < -0.3 is 15.4 Å². The number of nitrogens with one attached hydrogen (secondary N) is 1. The van der Waals surface area contributed by atoms with E-state index in [1.165, 1.54) is 6.42 Å². The lowest BCUT2D eigenvalue weighted by molar-refractivity contribution is -0.388. The van der Waals surface area contributed by atoms with Crippen LogP contribution in [0.3, 0.4) is 0 Å². The number of aromatic nitrogens is 2. The molecule has 0 radical (unpaired) electrons. The minimum Gasteiger partial charge on any atom is -0.359 e. The van der Waals surface area contributed by atoms with Crippen LogP contribution >= 0.6 is 0 Å². The molecule has 1 aliphatic rings. The third-order valence-corrected chi connectivity index (χ3v) is 3.35. The molecule has 6 nitrogen and oxygen atoms in total. The second-order valence-electron chi connectivity index (χ2n) is 4.69. The molecule has 0 atom stereocenters. The van der Waals surface area contributed by atoms with E-state index in [1.807, 2.05) is 0 Å². The fraction of sp³-hybridized carbons (Fsp3) is 0.700. The molecule has 0 saturated heterocycles. The zero-order valence-corrected chi connectivity index (χ0v) is 9.78. The molecule has 0 aliphatic heterocycles. The summed E-state index contributed by atoms with van der Waals surface area (Å²) in [5.74, 6) is 1.09. The predicted octanol–water partition coefficient (Wildman–Crippen LogP) is 1.99. The van der Waals surface area contributed by atoms with Crippen molar-refractivity contribution in [1.29, 1.82) is 0 Å². The molecule has 6 heteroatoms. The highest BCUT2D eigenvalue weighted by Crippen LogP contribution is 2.37. The highest BCUT2D eigenvalue weighted by Gasteiger charge is 2.35. The average Bonchev–Trinajstić information content (AvgIpc) is 2.43. The summed E-state index contributed by atoms with van der Waals surface area (Å²) in [4.78, 5) is 14.4. The number of anilines is 1. The standard InChI is InChI=1S/C10H16N4O2/c1-7-11-8(14(15)16)9(13(7)3)12-10(2)5-4-6-10/h12H,4-6H2,1-3H3. The van der Waals surface area contributed by atoms with Crippen molar-refractivity contribution in [2.45, 2.75) is 38.6 Å². The number of imidazole rings is 1. The van der Waals surface area contributed by atoms with Crippen LogP contribution in [0.5, 0.6) is 0 Å². The van der Waals surface area contributed by atoms with Crippen molar-refractivity contribution in [3.8, 4) is 0 Å². The van der Waals surface area contributed by atoms with Gasteiger partial charge in [-0.1, -0.05) is 0 Å². The summed E-state index contributed by atoms with van der Waals surface area (Å²) in [6, 6.07) is 0. The molecule has 0 amide bonds. The van der Waals surface area contributed by atoms with Crippen LogP contribution in [0.15, 0.2) is 0 Å². The molecule has 1 aliphatic carbocycles. The summed E-state index contributed by atoms with van der Waals surface area (Å²) < 4.78 is 1.74. The van der Waals surface area contributed by atoms with Gasteiger partial charge in [0.2, 0.25) is 11.6 Å². The molecule has 0 aromatic carbocycles. The first-order valence-corrected chi connectivity index (χ1v) is 5.39. The van der Waals surface area contributed by atoms with Crippen molar-refractivity contribution < 1.29 is 4.92 Å². The first-order valence-electron chi connectivity index (χ1n) is 5.39. The van der Waals surface area contributed by atoms with Crippen molar-refractivity contribution in [3.05, 3.63) is 15.9 Å². The average molecular weight is 224 g/mol. The van der Waals surface area contributed by atoms with E-state index in [0.717, 1.165) is 12.8 Å². The minimum absolute atomic E-state index is 0.00894. The van der Waals surface area contributed by atoms with Crippen molar-refractivity contribution in [2.75, 3.05) is 5.32 Å². The summed E-state index contributed by atoms with van der Waals surface area (Å²) in [6.45, 7) is 3.85. The van der Waals surface area contributed by atoms with Gasteiger partial charge in [0, 0.05) is 19.5 Å². The SMILES string of the molecule is Cc1nc([N+](=O)[O-])c(NC2(C)CCC2)n1C. The monoisotopic (exact) mass is 224 g/mol. The molecular formula is C10H16N4O2. The third kappa shape index (κ3) is 1.64. The lowest BCUT2D eigenvalue weighted by Gasteiger charge is -2.39. The molecule has 1 heterocycles. The van der Waals surface area contributed by atoms with Crippen LogP contribution in [-0.4, -0.2) is 20.0 Å². The van der Waals surface area contributed by atoms with E-state index in [2.05, 4.69) is 17.2 Å². The smallest absolute Gasteiger partial charge is 0.359 e. The Labute approximate surface area is 93.8 Å². The summed E-state index contributed by atoms with van der Waals surface area (Å²) >= 11 is 0. The predicted molar refractivity (Wildman–Crippen MR) is 60.5 cm³/mol. The second-order valence-corrected chi connectivity index (χ2v) is 4.69. The maximum Gasteiger partial charge on any atom is 0.406 e. The van der Waals surface area contributed by atoms with E-state index in [9.17, 15) is 10.1 Å². The summed E-state index contributed by atoms with van der Waals surface area (Å²) in [7, 11) is 1.79. The zero-order valence-electron chi connectivity index (χ0n) is 9.78. The summed E-state index contributed by atoms with van der Waals surface area (Å²) in [5, 5.41) is 14.1. The van der Waals surface area contributed by atoms with E-state index in [0.29, 0.717) is 11.6 Å². The van der Waals surface area contributed by atoms with Gasteiger partial charge in [0.1, 0.15) is 0 Å². The van der Waals surface area contributed by atoms with Gasteiger partial charge in [-0.2, -0.15) is 0 Å². The molecule has 1 saturated carbocycles. The lowest BCUT2D eigenvalue weighted by atomic mass is 9.78. The van der Waals surface area contributed by atoms with Gasteiger partial charge in [0.05, 0.1) is 0 Å². The van der Waals surface area contributed by atoms with Gasteiger partial charge in [-0.05, 0) is 36.1 Å². The van der Waals surface area contributed by atoms with Crippen molar-refractivity contribution in [2.24, 2.45) is 7.05 Å². The molecule has 1 aromatic rings. The van der Waals surface area contributed by atoms with Crippen molar-refractivity contribution in [3.63, 3.8) is 0 Å². The highest BCUT2D eigenvalue weighted by atomic mass is 16.6. The van der Waals surface area contributed by atoms with Gasteiger partial charge in [-0.3, -0.25) is 4.57 Å². The Morgan fingerprint density at radius 2 is 2.19 bits per heavy atom. The molecular weight excluding hydrogens is 208 g/mol. The van der Waals surface area contributed by atoms with Crippen molar-refractivity contribution >= 4 is 11.6 Å². The number of nitrogens with zero attached hydrogens (tertiary/aromatic N) is 3. The van der Waals surface area contributed by atoms with Crippen LogP contribution in [0.4, 0.5) is 11.6 Å². The molecule has 16 heavy (non-hydrogen) atoms. The fourth-order valence-electron chi connectivity index (χ4n) is 1.98. The number of hydrogen-bond acceptors (Lipinski definition) is 4. The molecule has 1 N–H and O–H groups in total.